The van der Waals surface area contributed by atoms with Gasteiger partial charge < -0.3 is 0 Å². The Morgan fingerprint density at radius 1 is 1.11 bits per heavy atom. The quantitative estimate of drug-likeness (QED) is 0.511. The number of aromatic nitrogens is 3. The second-order valence-electron chi connectivity index (χ2n) is 6.19. The number of halogens is 4. The molecule has 1 aliphatic heterocycles. The second kappa shape index (κ2) is 6.80. The van der Waals surface area contributed by atoms with Crippen LogP contribution in [-0.2, 0) is 0 Å². The average molecular weight is 452 g/mol. The molecular formula is C19H14BrClF2N4. The third-order valence-electron chi connectivity index (χ3n) is 4.57. The highest BCUT2D eigenvalue weighted by Crippen LogP contribution is 2.39. The summed E-state index contributed by atoms with van der Waals surface area (Å²) in [5.41, 5.74) is 1.05. The molecule has 2 heterocycles. The number of aliphatic imine (C=N–C) groups is 1. The molecule has 1 atom stereocenters. The standard InChI is InChI=1S/C19H14BrClF2N4/c1-3-13-19-26-25-9(2)27(19)14-8-7-10(20)17(21)16(14)18(24-13)15-11(22)5-4-6-12(15)23/h4-8,13H,3H2,1-2H3/t13-/m0/s1. The minimum atomic E-state index is -0.694. The minimum absolute atomic E-state index is 0.170. The van der Waals surface area contributed by atoms with Gasteiger partial charge in [0.15, 0.2) is 5.82 Å². The van der Waals surface area contributed by atoms with Crippen LogP contribution in [0.5, 0.6) is 0 Å². The van der Waals surface area contributed by atoms with Crippen molar-refractivity contribution in [3.63, 3.8) is 0 Å². The number of hydrogen-bond donors (Lipinski definition) is 0. The zero-order valence-electron chi connectivity index (χ0n) is 14.5. The fourth-order valence-corrected chi connectivity index (χ4v) is 3.89. The maximum atomic E-state index is 14.6. The summed E-state index contributed by atoms with van der Waals surface area (Å²) in [6.07, 6.45) is 0.588. The first-order chi connectivity index (χ1) is 12.9. The highest BCUT2D eigenvalue weighted by molar-refractivity contribution is 9.10. The van der Waals surface area contributed by atoms with E-state index in [0.717, 1.165) is 0 Å². The molecule has 0 N–H and O–H groups in total. The molecule has 3 aromatic rings. The van der Waals surface area contributed by atoms with Crippen LogP contribution in [0, 0.1) is 18.6 Å². The molecule has 0 saturated carbocycles. The van der Waals surface area contributed by atoms with E-state index in [1.807, 2.05) is 24.5 Å². The lowest BCUT2D eigenvalue weighted by atomic mass is 9.99. The van der Waals surface area contributed by atoms with Crippen LogP contribution in [-0.4, -0.2) is 20.5 Å². The summed E-state index contributed by atoms with van der Waals surface area (Å²) >= 11 is 9.99. The Bertz CT molecular complexity index is 1070. The molecule has 0 fully saturated rings. The van der Waals surface area contributed by atoms with Gasteiger partial charge in [-0.05, 0) is 53.5 Å². The predicted molar refractivity (Wildman–Crippen MR) is 104 cm³/mol. The van der Waals surface area contributed by atoms with Crippen molar-refractivity contribution >= 4 is 33.2 Å². The molecule has 4 nitrogen and oxygen atoms in total. The summed E-state index contributed by atoms with van der Waals surface area (Å²) < 4.78 is 31.7. The molecule has 0 saturated heterocycles. The Morgan fingerprint density at radius 3 is 2.48 bits per heavy atom. The van der Waals surface area contributed by atoms with E-state index in [9.17, 15) is 8.78 Å². The van der Waals surface area contributed by atoms with Gasteiger partial charge in [0.25, 0.3) is 0 Å². The first-order valence-electron chi connectivity index (χ1n) is 8.36. The third-order valence-corrected chi connectivity index (χ3v) is 5.85. The van der Waals surface area contributed by atoms with Gasteiger partial charge in [0, 0.05) is 10.0 Å². The molecular weight excluding hydrogens is 438 g/mol. The van der Waals surface area contributed by atoms with Gasteiger partial charge in [-0.2, -0.15) is 0 Å². The van der Waals surface area contributed by atoms with E-state index in [1.165, 1.54) is 18.2 Å². The van der Waals surface area contributed by atoms with Gasteiger partial charge in [0.05, 0.1) is 22.0 Å². The summed E-state index contributed by atoms with van der Waals surface area (Å²) in [5.74, 6) is -0.130. The van der Waals surface area contributed by atoms with Crippen molar-refractivity contribution in [1.82, 2.24) is 14.8 Å². The van der Waals surface area contributed by atoms with Crippen LogP contribution in [0.2, 0.25) is 5.02 Å². The third kappa shape index (κ3) is 2.80. The van der Waals surface area contributed by atoms with Gasteiger partial charge in [0.1, 0.15) is 23.5 Å². The lowest BCUT2D eigenvalue weighted by Crippen LogP contribution is -2.13. The molecule has 0 amide bonds. The number of hydrogen-bond acceptors (Lipinski definition) is 3. The normalized spacial score (nSPS) is 15.8. The molecule has 8 heteroatoms. The van der Waals surface area contributed by atoms with Crippen molar-refractivity contribution < 1.29 is 8.78 Å². The Morgan fingerprint density at radius 2 is 1.81 bits per heavy atom. The number of rotatable bonds is 2. The smallest absolute Gasteiger partial charge is 0.162 e. The van der Waals surface area contributed by atoms with E-state index in [1.54, 1.807) is 6.07 Å². The van der Waals surface area contributed by atoms with Crippen molar-refractivity contribution in [1.29, 1.82) is 0 Å². The zero-order valence-corrected chi connectivity index (χ0v) is 16.8. The fourth-order valence-electron chi connectivity index (χ4n) is 3.31. The van der Waals surface area contributed by atoms with Crippen LogP contribution in [0.25, 0.3) is 5.69 Å². The lowest BCUT2D eigenvalue weighted by Gasteiger charge is -2.16. The monoisotopic (exact) mass is 450 g/mol. The van der Waals surface area contributed by atoms with E-state index in [-0.39, 0.29) is 11.3 Å². The number of aryl methyl sites for hydroxylation is 1. The van der Waals surface area contributed by atoms with Crippen LogP contribution in [0.15, 0.2) is 39.8 Å². The van der Waals surface area contributed by atoms with Crippen LogP contribution in [0.1, 0.15) is 42.2 Å². The van der Waals surface area contributed by atoms with Gasteiger partial charge in [0.2, 0.25) is 0 Å². The second-order valence-corrected chi connectivity index (χ2v) is 7.43. The van der Waals surface area contributed by atoms with E-state index in [0.29, 0.717) is 38.8 Å². The van der Waals surface area contributed by atoms with E-state index in [4.69, 9.17) is 16.6 Å². The lowest BCUT2D eigenvalue weighted by molar-refractivity contribution is 0.577. The molecule has 0 spiro atoms. The van der Waals surface area contributed by atoms with Crippen molar-refractivity contribution in [3.05, 3.63) is 74.2 Å². The summed E-state index contributed by atoms with van der Waals surface area (Å²) in [7, 11) is 0. The molecule has 0 bridgehead atoms. The van der Waals surface area contributed by atoms with Gasteiger partial charge in [-0.1, -0.05) is 24.6 Å². The first-order valence-corrected chi connectivity index (χ1v) is 9.54. The topological polar surface area (TPSA) is 43.1 Å². The van der Waals surface area contributed by atoms with Crippen LogP contribution < -0.4 is 0 Å². The van der Waals surface area contributed by atoms with E-state index < -0.39 is 17.7 Å². The molecule has 0 radical (unpaired) electrons. The van der Waals surface area contributed by atoms with Gasteiger partial charge in [-0.15, -0.1) is 10.2 Å². The largest absolute Gasteiger partial charge is 0.281 e. The highest BCUT2D eigenvalue weighted by atomic mass is 79.9. The highest BCUT2D eigenvalue weighted by Gasteiger charge is 2.31. The summed E-state index contributed by atoms with van der Waals surface area (Å²) in [6, 6.07) is 6.93. The van der Waals surface area contributed by atoms with Crippen molar-refractivity contribution in [2.24, 2.45) is 4.99 Å². The molecule has 2 aromatic carbocycles. The number of nitrogens with zero attached hydrogens (tertiary/aromatic N) is 4. The number of benzene rings is 2. The zero-order chi connectivity index (χ0) is 19.3. The van der Waals surface area contributed by atoms with Crippen molar-refractivity contribution in [3.8, 4) is 5.69 Å². The van der Waals surface area contributed by atoms with Crippen molar-refractivity contribution in [2.75, 3.05) is 0 Å². The minimum Gasteiger partial charge on any atom is -0.281 e. The molecule has 138 valence electrons. The fraction of sp³-hybridized carbons (Fsp3) is 0.211. The Kier molecular flexibility index (Phi) is 4.60. The van der Waals surface area contributed by atoms with Gasteiger partial charge in [-0.25, -0.2) is 8.78 Å². The first kappa shape index (κ1) is 18.3. The van der Waals surface area contributed by atoms with Crippen LogP contribution in [0.3, 0.4) is 0 Å². The van der Waals surface area contributed by atoms with Crippen LogP contribution in [0.4, 0.5) is 8.78 Å². The number of fused-ring (bicyclic) bond motifs is 3. The van der Waals surface area contributed by atoms with E-state index >= 15 is 0 Å². The molecule has 0 aliphatic carbocycles. The Labute approximate surface area is 168 Å². The van der Waals surface area contributed by atoms with E-state index in [2.05, 4.69) is 26.1 Å². The molecule has 4 rings (SSSR count). The van der Waals surface area contributed by atoms with Crippen molar-refractivity contribution in [2.45, 2.75) is 26.3 Å². The Hall–Kier alpha value is -2.12. The van der Waals surface area contributed by atoms with Gasteiger partial charge >= 0.3 is 0 Å². The average Bonchev–Trinajstić information content (AvgIpc) is 2.94. The maximum Gasteiger partial charge on any atom is 0.162 e. The molecule has 27 heavy (non-hydrogen) atoms. The maximum absolute atomic E-state index is 14.6. The predicted octanol–water partition coefficient (Wildman–Crippen LogP) is 5.57. The SMILES string of the molecule is CC[C@@H]1N=C(c2c(F)cccc2F)c2c(ccc(Br)c2Cl)-n2c(C)nnc21. The summed E-state index contributed by atoms with van der Waals surface area (Å²) in [5, 5.41) is 8.74. The summed E-state index contributed by atoms with van der Waals surface area (Å²) in [6.45, 7) is 3.75. The molecule has 1 aromatic heterocycles. The Balaban J connectivity index is 2.15. The molecule has 0 unspecified atom stereocenters. The van der Waals surface area contributed by atoms with Crippen LogP contribution >= 0.6 is 27.5 Å². The summed E-state index contributed by atoms with van der Waals surface area (Å²) in [4.78, 5) is 4.69. The molecule has 1 aliphatic rings. The van der Waals surface area contributed by atoms with Gasteiger partial charge in [-0.3, -0.25) is 9.56 Å².